The van der Waals surface area contributed by atoms with E-state index in [0.29, 0.717) is 5.02 Å². The van der Waals surface area contributed by atoms with Crippen LogP contribution in [0.5, 0.6) is 0 Å². The highest BCUT2D eigenvalue weighted by molar-refractivity contribution is 6.30. The Hall–Kier alpha value is -2.69. The first-order chi connectivity index (χ1) is 12.3. The van der Waals surface area contributed by atoms with Crippen LogP contribution in [-0.4, -0.2) is 15.0 Å². The van der Waals surface area contributed by atoms with Gasteiger partial charge in [-0.25, -0.2) is 4.68 Å². The standard InChI is InChI=1S/C20H14ClN3O/c21-16-12-10-15(11-13-16)20(14-6-2-1-3-7-14)19(25-20)24-18-9-5-4-8-17(18)22-23-24/h1-13,19H/t19-,20-/m1/s1. The summed E-state index contributed by atoms with van der Waals surface area (Å²) in [5.74, 6) is 0. The first-order valence-electron chi connectivity index (χ1n) is 8.08. The minimum Gasteiger partial charge on any atom is -0.332 e. The highest BCUT2D eigenvalue weighted by Crippen LogP contribution is 2.58. The van der Waals surface area contributed by atoms with Crippen molar-refractivity contribution in [2.75, 3.05) is 0 Å². The van der Waals surface area contributed by atoms with Crippen molar-refractivity contribution in [2.24, 2.45) is 0 Å². The fourth-order valence-corrected chi connectivity index (χ4v) is 3.52. The van der Waals surface area contributed by atoms with Crippen LogP contribution >= 0.6 is 11.6 Å². The van der Waals surface area contributed by atoms with Crippen molar-refractivity contribution in [1.82, 2.24) is 15.0 Å². The molecule has 25 heavy (non-hydrogen) atoms. The van der Waals surface area contributed by atoms with Crippen LogP contribution in [0.25, 0.3) is 11.0 Å². The summed E-state index contributed by atoms with van der Waals surface area (Å²) in [6.07, 6.45) is -0.247. The number of rotatable bonds is 3. The van der Waals surface area contributed by atoms with E-state index in [0.717, 1.165) is 22.2 Å². The van der Waals surface area contributed by atoms with Gasteiger partial charge in [-0.05, 0) is 35.4 Å². The predicted octanol–water partition coefficient (Wildman–Crippen LogP) is 4.56. The van der Waals surface area contributed by atoms with Crippen LogP contribution < -0.4 is 0 Å². The molecular formula is C20H14ClN3O. The average molecular weight is 348 g/mol. The molecule has 122 valence electrons. The highest BCUT2D eigenvalue weighted by atomic mass is 35.5. The smallest absolute Gasteiger partial charge is 0.191 e. The number of halogens is 1. The number of hydrogen-bond acceptors (Lipinski definition) is 3. The van der Waals surface area contributed by atoms with E-state index in [1.807, 2.05) is 71.4 Å². The molecule has 1 fully saturated rings. The number of ether oxygens (including phenoxy) is 1. The molecule has 5 heteroatoms. The SMILES string of the molecule is Clc1ccc([C@@]2(c3ccccc3)O[C@H]2n2nnc3ccccc32)cc1. The van der Waals surface area contributed by atoms with E-state index in [1.165, 1.54) is 0 Å². The molecular weight excluding hydrogens is 334 g/mol. The third-order valence-electron chi connectivity index (χ3n) is 4.66. The molecule has 2 heterocycles. The average Bonchev–Trinajstić information content (AvgIpc) is 3.27. The maximum atomic E-state index is 6.29. The van der Waals surface area contributed by atoms with Crippen molar-refractivity contribution in [3.05, 3.63) is 95.0 Å². The van der Waals surface area contributed by atoms with Crippen molar-refractivity contribution in [3.8, 4) is 0 Å². The number of aromatic nitrogens is 3. The quantitative estimate of drug-likeness (QED) is 0.510. The monoisotopic (exact) mass is 347 g/mol. The summed E-state index contributed by atoms with van der Waals surface area (Å²) in [5, 5.41) is 9.30. The summed E-state index contributed by atoms with van der Waals surface area (Å²) in [6, 6.07) is 25.9. The highest BCUT2D eigenvalue weighted by Gasteiger charge is 2.61. The molecule has 0 unspecified atom stereocenters. The topological polar surface area (TPSA) is 43.2 Å². The van der Waals surface area contributed by atoms with Crippen molar-refractivity contribution in [3.63, 3.8) is 0 Å². The first kappa shape index (κ1) is 14.6. The molecule has 1 aromatic heterocycles. The van der Waals surface area contributed by atoms with Gasteiger partial charge in [0.2, 0.25) is 0 Å². The molecule has 0 amide bonds. The van der Waals surface area contributed by atoms with E-state index in [1.54, 1.807) is 0 Å². The largest absolute Gasteiger partial charge is 0.332 e. The Balaban J connectivity index is 1.67. The fraction of sp³-hybridized carbons (Fsp3) is 0.100. The third kappa shape index (κ3) is 2.18. The molecule has 0 radical (unpaired) electrons. The summed E-state index contributed by atoms with van der Waals surface area (Å²) < 4.78 is 8.14. The number of hydrogen-bond donors (Lipinski definition) is 0. The van der Waals surface area contributed by atoms with Gasteiger partial charge in [-0.2, -0.15) is 0 Å². The van der Waals surface area contributed by atoms with Gasteiger partial charge in [-0.15, -0.1) is 5.10 Å². The lowest BCUT2D eigenvalue weighted by Gasteiger charge is -2.14. The third-order valence-corrected chi connectivity index (χ3v) is 4.92. The summed E-state index contributed by atoms with van der Waals surface area (Å²) in [4.78, 5) is 0. The molecule has 5 rings (SSSR count). The van der Waals surface area contributed by atoms with E-state index in [2.05, 4.69) is 22.4 Å². The van der Waals surface area contributed by atoms with E-state index < -0.39 is 5.60 Å². The zero-order chi connectivity index (χ0) is 16.9. The number of nitrogens with zero attached hydrogens (tertiary/aromatic N) is 3. The molecule has 1 aliphatic rings. The Labute approximate surface area is 149 Å². The van der Waals surface area contributed by atoms with Crippen molar-refractivity contribution in [1.29, 1.82) is 0 Å². The second-order valence-corrected chi connectivity index (χ2v) is 6.54. The zero-order valence-electron chi connectivity index (χ0n) is 13.2. The Kier molecular flexibility index (Phi) is 3.17. The molecule has 1 aliphatic heterocycles. The summed E-state index contributed by atoms with van der Waals surface area (Å²) >= 11 is 6.07. The number of epoxide rings is 1. The van der Waals surface area contributed by atoms with Gasteiger partial charge in [0.25, 0.3) is 0 Å². The number of benzene rings is 3. The van der Waals surface area contributed by atoms with E-state index in [9.17, 15) is 0 Å². The van der Waals surface area contributed by atoms with Crippen LogP contribution in [-0.2, 0) is 10.3 Å². The van der Waals surface area contributed by atoms with Gasteiger partial charge >= 0.3 is 0 Å². The van der Waals surface area contributed by atoms with Gasteiger partial charge in [-0.1, -0.05) is 71.4 Å². The van der Waals surface area contributed by atoms with Crippen molar-refractivity contribution in [2.45, 2.75) is 11.8 Å². The Bertz CT molecular complexity index is 1050. The molecule has 0 saturated carbocycles. The maximum Gasteiger partial charge on any atom is 0.191 e. The van der Waals surface area contributed by atoms with Crippen LogP contribution in [0.2, 0.25) is 5.02 Å². The molecule has 0 bridgehead atoms. The van der Waals surface area contributed by atoms with Gasteiger partial charge < -0.3 is 4.74 Å². The second-order valence-electron chi connectivity index (χ2n) is 6.10. The molecule has 3 aromatic carbocycles. The molecule has 2 atom stereocenters. The van der Waals surface area contributed by atoms with Crippen LogP contribution in [0.3, 0.4) is 0 Å². The van der Waals surface area contributed by atoms with Crippen molar-refractivity contribution >= 4 is 22.6 Å². The summed E-state index contributed by atoms with van der Waals surface area (Å²) in [5.41, 5.74) is 3.37. The number of para-hydroxylation sites is 1. The van der Waals surface area contributed by atoms with Crippen LogP contribution in [0, 0.1) is 0 Å². The van der Waals surface area contributed by atoms with Crippen molar-refractivity contribution < 1.29 is 4.74 Å². The molecule has 4 nitrogen and oxygen atoms in total. The second kappa shape index (κ2) is 5.41. The Morgan fingerprint density at radius 2 is 1.52 bits per heavy atom. The molecule has 0 spiro atoms. The summed E-state index contributed by atoms with van der Waals surface area (Å²) in [6.45, 7) is 0. The lowest BCUT2D eigenvalue weighted by atomic mass is 9.90. The van der Waals surface area contributed by atoms with Crippen LogP contribution in [0.1, 0.15) is 17.4 Å². The van der Waals surface area contributed by atoms with Gasteiger partial charge in [-0.3, -0.25) is 0 Å². The number of fused-ring (bicyclic) bond motifs is 1. The lowest BCUT2D eigenvalue weighted by molar-refractivity contribution is 0.296. The van der Waals surface area contributed by atoms with E-state index >= 15 is 0 Å². The minimum absolute atomic E-state index is 0.247. The molecule has 4 aromatic rings. The van der Waals surface area contributed by atoms with Crippen LogP contribution in [0.4, 0.5) is 0 Å². The molecule has 0 N–H and O–H groups in total. The van der Waals surface area contributed by atoms with E-state index in [-0.39, 0.29) is 6.23 Å². The first-order valence-corrected chi connectivity index (χ1v) is 8.46. The van der Waals surface area contributed by atoms with Gasteiger partial charge in [0.15, 0.2) is 11.8 Å². The minimum atomic E-state index is -0.581. The Morgan fingerprint density at radius 1 is 0.840 bits per heavy atom. The van der Waals surface area contributed by atoms with Gasteiger partial charge in [0.1, 0.15) is 5.52 Å². The normalized spacial score (nSPS) is 22.2. The van der Waals surface area contributed by atoms with Crippen LogP contribution in [0.15, 0.2) is 78.9 Å². The van der Waals surface area contributed by atoms with Gasteiger partial charge in [0.05, 0.1) is 5.52 Å². The lowest BCUT2D eigenvalue weighted by Crippen LogP contribution is -2.15. The Morgan fingerprint density at radius 3 is 2.32 bits per heavy atom. The van der Waals surface area contributed by atoms with E-state index in [4.69, 9.17) is 16.3 Å². The molecule has 1 saturated heterocycles. The van der Waals surface area contributed by atoms with Gasteiger partial charge in [0, 0.05) is 5.02 Å². The predicted molar refractivity (Wildman–Crippen MR) is 96.3 cm³/mol. The zero-order valence-corrected chi connectivity index (χ0v) is 14.0. The maximum absolute atomic E-state index is 6.29. The molecule has 0 aliphatic carbocycles. The fourth-order valence-electron chi connectivity index (χ4n) is 3.40. The summed E-state index contributed by atoms with van der Waals surface area (Å²) in [7, 11) is 0.